The van der Waals surface area contributed by atoms with E-state index in [0.29, 0.717) is 13.0 Å². The van der Waals surface area contributed by atoms with Gasteiger partial charge in [-0.3, -0.25) is 10.3 Å². The monoisotopic (exact) mass is 241 g/mol. The minimum absolute atomic E-state index is 0.124. The van der Waals surface area contributed by atoms with Crippen molar-refractivity contribution in [2.24, 2.45) is 0 Å². The van der Waals surface area contributed by atoms with Gasteiger partial charge in [0.05, 0.1) is 11.6 Å². The number of hydrogen-bond donors (Lipinski definition) is 2. The third kappa shape index (κ3) is 2.65. The van der Waals surface area contributed by atoms with Crippen molar-refractivity contribution in [3.05, 3.63) is 42.1 Å². The number of para-hydroxylation sites is 1. The van der Waals surface area contributed by atoms with E-state index in [1.54, 1.807) is 6.20 Å². The number of aromatic nitrogens is 1. The number of benzene rings is 1. The lowest BCUT2D eigenvalue weighted by Crippen LogP contribution is -2.22. The van der Waals surface area contributed by atoms with Crippen molar-refractivity contribution >= 4 is 10.9 Å². The summed E-state index contributed by atoms with van der Waals surface area (Å²) in [5.74, 6) is 0. The van der Waals surface area contributed by atoms with Gasteiger partial charge in [-0.05, 0) is 19.0 Å². The van der Waals surface area contributed by atoms with E-state index >= 15 is 0 Å². The van der Waals surface area contributed by atoms with Gasteiger partial charge in [-0.1, -0.05) is 24.3 Å². The summed E-state index contributed by atoms with van der Waals surface area (Å²) in [6.45, 7) is 0.733. The number of nitriles is 1. The summed E-state index contributed by atoms with van der Waals surface area (Å²) in [6.07, 6.45) is 2.37. The molecule has 92 valence electrons. The Bertz CT molecular complexity index is 557. The second-order valence-electron chi connectivity index (χ2n) is 4.02. The Morgan fingerprint density at radius 1 is 1.33 bits per heavy atom. The number of aliphatic hydroxyl groups excluding tert-OH is 1. The van der Waals surface area contributed by atoms with Crippen LogP contribution in [0.4, 0.5) is 0 Å². The quantitative estimate of drug-likeness (QED) is 0.783. The largest absolute Gasteiger partial charge is 0.396 e. The summed E-state index contributed by atoms with van der Waals surface area (Å²) in [5.41, 5.74) is 1.73. The Hall–Kier alpha value is -1.96. The molecule has 2 rings (SSSR count). The standard InChI is InChI=1S/C14H15N3O/c15-10-13(16-8-3-9-18)12-6-1-4-11-5-2-7-17-14(11)12/h1-2,4-7,13,16,18H,3,8-9H2. The molecule has 4 nitrogen and oxygen atoms in total. The van der Waals surface area contributed by atoms with Crippen LogP contribution >= 0.6 is 0 Å². The number of nitrogens with one attached hydrogen (secondary N) is 1. The molecule has 2 aromatic rings. The molecule has 1 heterocycles. The van der Waals surface area contributed by atoms with Crippen LogP contribution in [0, 0.1) is 11.3 Å². The molecule has 1 aromatic carbocycles. The average Bonchev–Trinajstić information content (AvgIpc) is 2.43. The molecule has 18 heavy (non-hydrogen) atoms. The highest BCUT2D eigenvalue weighted by Crippen LogP contribution is 2.21. The Balaban J connectivity index is 2.31. The SMILES string of the molecule is N#CC(NCCCO)c1cccc2cccnc12. The first-order valence-electron chi connectivity index (χ1n) is 5.94. The van der Waals surface area contributed by atoms with Crippen LogP contribution in [0.3, 0.4) is 0 Å². The Labute approximate surface area is 106 Å². The highest BCUT2D eigenvalue weighted by atomic mass is 16.3. The molecule has 1 atom stereocenters. The summed E-state index contributed by atoms with van der Waals surface area (Å²) in [4.78, 5) is 4.34. The Kier molecular flexibility index (Phi) is 4.24. The molecule has 1 unspecified atom stereocenters. The minimum Gasteiger partial charge on any atom is -0.396 e. The smallest absolute Gasteiger partial charge is 0.123 e. The zero-order valence-electron chi connectivity index (χ0n) is 10.0. The highest BCUT2D eigenvalue weighted by Gasteiger charge is 2.13. The van der Waals surface area contributed by atoms with Gasteiger partial charge in [-0.15, -0.1) is 0 Å². The van der Waals surface area contributed by atoms with Crippen molar-refractivity contribution in [3.63, 3.8) is 0 Å². The molecule has 0 saturated carbocycles. The zero-order valence-corrected chi connectivity index (χ0v) is 10.0. The van der Waals surface area contributed by atoms with Crippen molar-refractivity contribution < 1.29 is 5.11 Å². The van der Waals surface area contributed by atoms with E-state index in [9.17, 15) is 5.26 Å². The van der Waals surface area contributed by atoms with Gasteiger partial charge in [0.2, 0.25) is 0 Å². The van der Waals surface area contributed by atoms with Crippen molar-refractivity contribution in [1.82, 2.24) is 10.3 Å². The van der Waals surface area contributed by atoms with Crippen LogP contribution in [-0.4, -0.2) is 23.2 Å². The van der Waals surface area contributed by atoms with Gasteiger partial charge in [0, 0.05) is 23.8 Å². The van der Waals surface area contributed by atoms with E-state index in [1.807, 2.05) is 30.3 Å². The third-order valence-corrected chi connectivity index (χ3v) is 2.79. The molecule has 0 aliphatic heterocycles. The summed E-state index contributed by atoms with van der Waals surface area (Å²) in [6, 6.07) is 11.5. The van der Waals surface area contributed by atoms with Gasteiger partial charge in [0.1, 0.15) is 6.04 Å². The fourth-order valence-corrected chi connectivity index (χ4v) is 1.91. The zero-order chi connectivity index (χ0) is 12.8. The number of nitrogens with zero attached hydrogens (tertiary/aromatic N) is 2. The Morgan fingerprint density at radius 3 is 2.94 bits per heavy atom. The first-order valence-corrected chi connectivity index (χ1v) is 5.94. The van der Waals surface area contributed by atoms with E-state index in [0.717, 1.165) is 16.5 Å². The molecule has 2 N–H and O–H groups in total. The van der Waals surface area contributed by atoms with Gasteiger partial charge in [0.15, 0.2) is 0 Å². The van der Waals surface area contributed by atoms with Gasteiger partial charge >= 0.3 is 0 Å². The topological polar surface area (TPSA) is 68.9 Å². The predicted molar refractivity (Wildman–Crippen MR) is 69.8 cm³/mol. The molecule has 4 heteroatoms. The lowest BCUT2D eigenvalue weighted by atomic mass is 10.0. The lowest BCUT2D eigenvalue weighted by molar-refractivity contribution is 0.285. The molecule has 0 amide bonds. The van der Waals surface area contributed by atoms with Crippen molar-refractivity contribution in [3.8, 4) is 6.07 Å². The molecular formula is C14H15N3O. The first-order chi connectivity index (χ1) is 8.86. The molecule has 0 radical (unpaired) electrons. The number of hydrogen-bond acceptors (Lipinski definition) is 4. The highest BCUT2D eigenvalue weighted by molar-refractivity contribution is 5.82. The molecule has 0 saturated heterocycles. The predicted octanol–water partition coefficient (Wildman–Crippen LogP) is 1.77. The summed E-state index contributed by atoms with van der Waals surface area (Å²) in [5, 5.41) is 22.1. The van der Waals surface area contributed by atoms with Crippen LogP contribution in [-0.2, 0) is 0 Å². The van der Waals surface area contributed by atoms with Crippen LogP contribution < -0.4 is 5.32 Å². The lowest BCUT2D eigenvalue weighted by Gasteiger charge is -2.13. The van der Waals surface area contributed by atoms with E-state index in [-0.39, 0.29) is 6.61 Å². The summed E-state index contributed by atoms with van der Waals surface area (Å²) in [7, 11) is 0. The van der Waals surface area contributed by atoms with Crippen LogP contribution in [0.1, 0.15) is 18.0 Å². The van der Waals surface area contributed by atoms with Crippen LogP contribution in [0.15, 0.2) is 36.5 Å². The second kappa shape index (κ2) is 6.10. The normalized spacial score (nSPS) is 12.2. The maximum absolute atomic E-state index is 9.24. The fraction of sp³-hybridized carbons (Fsp3) is 0.286. The van der Waals surface area contributed by atoms with Crippen molar-refractivity contribution in [1.29, 1.82) is 5.26 Å². The van der Waals surface area contributed by atoms with E-state index in [2.05, 4.69) is 16.4 Å². The molecule has 0 aliphatic rings. The maximum atomic E-state index is 9.24. The molecule has 0 bridgehead atoms. The van der Waals surface area contributed by atoms with Crippen LogP contribution in [0.2, 0.25) is 0 Å². The van der Waals surface area contributed by atoms with E-state index < -0.39 is 6.04 Å². The molecule has 0 aliphatic carbocycles. The van der Waals surface area contributed by atoms with Gasteiger partial charge in [0.25, 0.3) is 0 Å². The minimum atomic E-state index is -0.393. The van der Waals surface area contributed by atoms with E-state index in [1.165, 1.54) is 0 Å². The van der Waals surface area contributed by atoms with Crippen molar-refractivity contribution in [2.45, 2.75) is 12.5 Å². The van der Waals surface area contributed by atoms with Crippen LogP contribution in [0.25, 0.3) is 10.9 Å². The third-order valence-electron chi connectivity index (χ3n) is 2.79. The van der Waals surface area contributed by atoms with Gasteiger partial charge in [-0.2, -0.15) is 5.26 Å². The number of aliphatic hydroxyl groups is 1. The molecule has 0 fully saturated rings. The average molecular weight is 241 g/mol. The number of rotatable bonds is 5. The molecule has 1 aromatic heterocycles. The number of fused-ring (bicyclic) bond motifs is 1. The Morgan fingerprint density at radius 2 is 2.17 bits per heavy atom. The van der Waals surface area contributed by atoms with Crippen LogP contribution in [0.5, 0.6) is 0 Å². The first kappa shape index (κ1) is 12.5. The summed E-state index contributed by atoms with van der Waals surface area (Å²) < 4.78 is 0. The van der Waals surface area contributed by atoms with E-state index in [4.69, 9.17) is 5.11 Å². The van der Waals surface area contributed by atoms with Gasteiger partial charge < -0.3 is 5.11 Å². The maximum Gasteiger partial charge on any atom is 0.123 e. The van der Waals surface area contributed by atoms with Crippen molar-refractivity contribution in [2.75, 3.05) is 13.2 Å². The molecular weight excluding hydrogens is 226 g/mol. The fourth-order valence-electron chi connectivity index (χ4n) is 1.91. The summed E-state index contributed by atoms with van der Waals surface area (Å²) >= 11 is 0. The van der Waals surface area contributed by atoms with Gasteiger partial charge in [-0.25, -0.2) is 0 Å². The molecule has 0 spiro atoms. The second-order valence-corrected chi connectivity index (χ2v) is 4.02. The number of pyridine rings is 1.